The molecule has 1 saturated carbocycles. The molecule has 1 aliphatic rings. The van der Waals surface area contributed by atoms with Crippen LogP contribution in [-0.4, -0.2) is 12.7 Å². The number of hydrogen-bond donors (Lipinski definition) is 0. The van der Waals surface area contributed by atoms with Crippen molar-refractivity contribution in [2.24, 2.45) is 11.8 Å². The summed E-state index contributed by atoms with van der Waals surface area (Å²) in [7, 11) is 0. The van der Waals surface area contributed by atoms with E-state index >= 15 is 0 Å². The molecular formula is C26H30F6O2. The lowest BCUT2D eigenvalue weighted by molar-refractivity contribution is -0.185. The Balaban J connectivity index is 1.68. The van der Waals surface area contributed by atoms with Crippen molar-refractivity contribution in [3.63, 3.8) is 0 Å². The fourth-order valence-corrected chi connectivity index (χ4v) is 4.63. The van der Waals surface area contributed by atoms with E-state index in [1.54, 1.807) is 6.92 Å². The predicted molar refractivity (Wildman–Crippen MR) is 118 cm³/mol. The Labute approximate surface area is 196 Å². The molecule has 0 saturated heterocycles. The standard InChI is InChI=1S/C26H30F6O2/c1-3-5-16-6-8-17(9-7-16)14-15-26(31,32)34-21-13-11-19(23(28)25(21)30)18-10-12-20(33-4-2)24(29)22(18)27/h10-13,16-17H,3-9,14-15H2,1-2H3. The van der Waals surface area contributed by atoms with Gasteiger partial charge in [-0.15, -0.1) is 0 Å². The maximum absolute atomic E-state index is 14.6. The summed E-state index contributed by atoms with van der Waals surface area (Å²) in [4.78, 5) is 0. The average molecular weight is 489 g/mol. The molecule has 0 aromatic heterocycles. The molecular weight excluding hydrogens is 458 g/mol. The van der Waals surface area contributed by atoms with E-state index in [-0.39, 0.29) is 24.7 Å². The van der Waals surface area contributed by atoms with Crippen molar-refractivity contribution in [3.8, 4) is 22.6 Å². The summed E-state index contributed by atoms with van der Waals surface area (Å²) in [5, 5.41) is 0. The minimum absolute atomic E-state index is 0.0824. The molecule has 0 atom stereocenters. The Hall–Kier alpha value is -2.38. The number of alkyl halides is 2. The molecule has 0 spiro atoms. The lowest BCUT2D eigenvalue weighted by Crippen LogP contribution is -2.27. The number of rotatable bonds is 10. The highest BCUT2D eigenvalue weighted by Crippen LogP contribution is 2.39. The lowest BCUT2D eigenvalue weighted by Gasteiger charge is -2.29. The topological polar surface area (TPSA) is 18.5 Å². The van der Waals surface area contributed by atoms with Gasteiger partial charge < -0.3 is 9.47 Å². The minimum atomic E-state index is -3.69. The molecule has 0 radical (unpaired) electrons. The van der Waals surface area contributed by atoms with Gasteiger partial charge in [0.2, 0.25) is 11.6 Å². The number of ether oxygens (including phenoxy) is 2. The van der Waals surface area contributed by atoms with Crippen LogP contribution in [0.4, 0.5) is 26.3 Å². The van der Waals surface area contributed by atoms with Crippen molar-refractivity contribution in [1.29, 1.82) is 0 Å². The summed E-state index contributed by atoms with van der Waals surface area (Å²) in [6.07, 6.45) is 1.99. The molecule has 2 aromatic rings. The third-order valence-corrected chi connectivity index (χ3v) is 6.45. The van der Waals surface area contributed by atoms with E-state index in [0.717, 1.165) is 62.8 Å². The van der Waals surface area contributed by atoms with Gasteiger partial charge in [0.25, 0.3) is 0 Å². The van der Waals surface area contributed by atoms with Gasteiger partial charge in [0.1, 0.15) is 0 Å². The molecule has 0 aliphatic heterocycles. The largest absolute Gasteiger partial charge is 0.491 e. The van der Waals surface area contributed by atoms with Gasteiger partial charge in [-0.1, -0.05) is 45.4 Å². The Morgan fingerprint density at radius 1 is 0.735 bits per heavy atom. The van der Waals surface area contributed by atoms with Crippen LogP contribution >= 0.6 is 0 Å². The molecule has 0 amide bonds. The van der Waals surface area contributed by atoms with E-state index < -0.39 is 52.7 Å². The van der Waals surface area contributed by atoms with Crippen LogP contribution < -0.4 is 9.47 Å². The maximum Gasteiger partial charge on any atom is 0.397 e. The second-order valence-electron chi connectivity index (χ2n) is 8.86. The predicted octanol–water partition coefficient (Wildman–Crippen LogP) is 8.67. The maximum atomic E-state index is 14.6. The molecule has 2 nitrogen and oxygen atoms in total. The highest BCUT2D eigenvalue weighted by atomic mass is 19.3. The van der Waals surface area contributed by atoms with Crippen LogP contribution in [-0.2, 0) is 0 Å². The van der Waals surface area contributed by atoms with Crippen molar-refractivity contribution < 1.29 is 35.8 Å². The summed E-state index contributed by atoms with van der Waals surface area (Å²) in [6, 6.07) is 3.80. The van der Waals surface area contributed by atoms with E-state index in [2.05, 4.69) is 11.7 Å². The van der Waals surface area contributed by atoms with Gasteiger partial charge in [-0.3, -0.25) is 0 Å². The SMILES string of the molecule is CCCC1CCC(CCC(F)(F)Oc2ccc(-c3ccc(OCC)c(F)c3F)c(F)c2F)CC1. The zero-order valence-electron chi connectivity index (χ0n) is 19.4. The van der Waals surface area contributed by atoms with Crippen LogP contribution in [0, 0.1) is 35.1 Å². The number of benzene rings is 2. The van der Waals surface area contributed by atoms with Crippen molar-refractivity contribution in [3.05, 3.63) is 47.5 Å². The highest BCUT2D eigenvalue weighted by molar-refractivity contribution is 5.67. The Morgan fingerprint density at radius 2 is 1.24 bits per heavy atom. The van der Waals surface area contributed by atoms with E-state index in [1.807, 2.05) is 0 Å². The van der Waals surface area contributed by atoms with E-state index in [1.165, 1.54) is 0 Å². The van der Waals surface area contributed by atoms with Crippen LogP contribution in [0.25, 0.3) is 11.1 Å². The molecule has 1 aliphatic carbocycles. The molecule has 0 N–H and O–H groups in total. The van der Waals surface area contributed by atoms with Gasteiger partial charge in [0.15, 0.2) is 23.1 Å². The molecule has 0 heterocycles. The molecule has 34 heavy (non-hydrogen) atoms. The smallest absolute Gasteiger partial charge is 0.397 e. The van der Waals surface area contributed by atoms with Crippen LogP contribution in [0.3, 0.4) is 0 Å². The van der Waals surface area contributed by atoms with E-state index in [9.17, 15) is 26.3 Å². The monoisotopic (exact) mass is 488 g/mol. The normalized spacial score (nSPS) is 18.7. The summed E-state index contributed by atoms with van der Waals surface area (Å²) < 4.78 is 96.0. The van der Waals surface area contributed by atoms with Gasteiger partial charge in [0, 0.05) is 11.1 Å². The van der Waals surface area contributed by atoms with Crippen molar-refractivity contribution in [1.82, 2.24) is 0 Å². The second-order valence-corrected chi connectivity index (χ2v) is 8.86. The van der Waals surface area contributed by atoms with Gasteiger partial charge >= 0.3 is 6.11 Å². The Morgan fingerprint density at radius 3 is 1.76 bits per heavy atom. The molecule has 8 heteroatoms. The first-order valence-electron chi connectivity index (χ1n) is 11.8. The summed E-state index contributed by atoms with van der Waals surface area (Å²) >= 11 is 0. The van der Waals surface area contributed by atoms with Gasteiger partial charge in [-0.05, 0) is 49.4 Å². The summed E-state index contributed by atoms with van der Waals surface area (Å²) in [6.45, 7) is 3.79. The van der Waals surface area contributed by atoms with Gasteiger partial charge in [-0.25, -0.2) is 8.78 Å². The van der Waals surface area contributed by atoms with E-state index in [0.29, 0.717) is 5.92 Å². The first-order valence-corrected chi connectivity index (χ1v) is 11.8. The van der Waals surface area contributed by atoms with Crippen LogP contribution in [0.5, 0.6) is 11.5 Å². The number of hydrogen-bond acceptors (Lipinski definition) is 2. The lowest BCUT2D eigenvalue weighted by atomic mass is 9.78. The second kappa shape index (κ2) is 11.4. The first kappa shape index (κ1) is 26.2. The van der Waals surface area contributed by atoms with Crippen LogP contribution in [0.2, 0.25) is 0 Å². The first-order chi connectivity index (χ1) is 16.2. The number of halogens is 6. The summed E-state index contributed by atoms with van der Waals surface area (Å²) in [5.41, 5.74) is -1.18. The Kier molecular flexibility index (Phi) is 8.77. The zero-order chi connectivity index (χ0) is 24.9. The quantitative estimate of drug-likeness (QED) is 0.312. The molecule has 3 rings (SSSR count). The van der Waals surface area contributed by atoms with Crippen molar-refractivity contribution >= 4 is 0 Å². The highest BCUT2D eigenvalue weighted by Gasteiger charge is 2.35. The minimum Gasteiger partial charge on any atom is -0.491 e. The fourth-order valence-electron chi connectivity index (χ4n) is 4.63. The molecule has 2 aromatic carbocycles. The van der Waals surface area contributed by atoms with Crippen LogP contribution in [0.1, 0.15) is 65.2 Å². The molecule has 1 fully saturated rings. The third kappa shape index (κ3) is 6.19. The molecule has 0 bridgehead atoms. The fraction of sp³-hybridized carbons (Fsp3) is 0.538. The average Bonchev–Trinajstić information content (AvgIpc) is 2.81. The summed E-state index contributed by atoms with van der Waals surface area (Å²) in [5.74, 6) is -6.62. The van der Waals surface area contributed by atoms with Crippen molar-refractivity contribution in [2.75, 3.05) is 6.61 Å². The van der Waals surface area contributed by atoms with Crippen LogP contribution in [0.15, 0.2) is 24.3 Å². The van der Waals surface area contributed by atoms with E-state index in [4.69, 9.17) is 4.74 Å². The van der Waals surface area contributed by atoms with Gasteiger partial charge in [0.05, 0.1) is 13.0 Å². The van der Waals surface area contributed by atoms with Crippen molar-refractivity contribution in [2.45, 2.75) is 71.3 Å². The zero-order valence-corrected chi connectivity index (χ0v) is 19.4. The Bertz CT molecular complexity index is 970. The third-order valence-electron chi connectivity index (χ3n) is 6.45. The van der Waals surface area contributed by atoms with Gasteiger partial charge in [-0.2, -0.15) is 17.6 Å². The molecule has 188 valence electrons. The molecule has 0 unspecified atom stereocenters.